The minimum atomic E-state index is -3.01. The van der Waals surface area contributed by atoms with E-state index in [9.17, 15) is 18.0 Å². The summed E-state index contributed by atoms with van der Waals surface area (Å²) in [6, 6.07) is -0.592. The molecular weight excluding hydrogens is 232 g/mol. The number of amides is 2. The molecule has 2 heterocycles. The molecule has 2 fully saturated rings. The molecule has 6 nitrogen and oxygen atoms in total. The Hall–Kier alpha value is -0.950. The van der Waals surface area contributed by atoms with E-state index in [1.54, 1.807) is 6.92 Å². The van der Waals surface area contributed by atoms with Crippen molar-refractivity contribution in [1.82, 2.24) is 10.6 Å². The number of hydrogen-bond acceptors (Lipinski definition) is 5. The van der Waals surface area contributed by atoms with Crippen molar-refractivity contribution in [2.24, 2.45) is 0 Å². The van der Waals surface area contributed by atoms with Gasteiger partial charge in [0, 0.05) is 5.54 Å². The average Bonchev–Trinajstić information content (AvgIpc) is 2.54. The summed E-state index contributed by atoms with van der Waals surface area (Å²) in [5.41, 5.74) is -0.592. The topological polar surface area (TPSA) is 92.3 Å². The van der Waals surface area contributed by atoms with Crippen molar-refractivity contribution in [2.75, 3.05) is 11.5 Å². The van der Waals surface area contributed by atoms with Gasteiger partial charge in [-0.25, -0.2) is 8.42 Å². The SMILES string of the molecule is CC1(NC2CC(=O)NC2=O)CCS(=O)(=O)C1. The third-order valence-corrected chi connectivity index (χ3v) is 4.90. The molecule has 0 saturated carbocycles. The van der Waals surface area contributed by atoms with E-state index in [2.05, 4.69) is 10.6 Å². The maximum absolute atomic E-state index is 11.4. The van der Waals surface area contributed by atoms with Gasteiger partial charge in [-0.05, 0) is 13.3 Å². The van der Waals surface area contributed by atoms with Crippen molar-refractivity contribution in [3.05, 3.63) is 0 Å². The Balaban J connectivity index is 2.05. The van der Waals surface area contributed by atoms with Crippen LogP contribution < -0.4 is 10.6 Å². The van der Waals surface area contributed by atoms with Crippen LogP contribution in [0.25, 0.3) is 0 Å². The molecule has 0 radical (unpaired) electrons. The lowest BCUT2D eigenvalue weighted by atomic mass is 10.00. The van der Waals surface area contributed by atoms with Gasteiger partial charge < -0.3 is 0 Å². The van der Waals surface area contributed by atoms with E-state index in [4.69, 9.17) is 0 Å². The van der Waals surface area contributed by atoms with Crippen LogP contribution in [0.4, 0.5) is 0 Å². The van der Waals surface area contributed by atoms with Gasteiger partial charge in [-0.15, -0.1) is 0 Å². The molecule has 0 aliphatic carbocycles. The summed E-state index contributed by atoms with van der Waals surface area (Å²) in [6.07, 6.45) is 0.571. The molecular formula is C9H14N2O4S. The van der Waals surface area contributed by atoms with Crippen molar-refractivity contribution in [1.29, 1.82) is 0 Å². The van der Waals surface area contributed by atoms with Gasteiger partial charge in [-0.2, -0.15) is 0 Å². The van der Waals surface area contributed by atoms with Crippen LogP contribution >= 0.6 is 0 Å². The molecule has 90 valence electrons. The highest BCUT2D eigenvalue weighted by molar-refractivity contribution is 7.91. The van der Waals surface area contributed by atoms with E-state index in [0.717, 1.165) is 0 Å². The first-order valence-corrected chi connectivity index (χ1v) is 6.94. The minimum absolute atomic E-state index is 0.0258. The van der Waals surface area contributed by atoms with E-state index in [-0.39, 0.29) is 29.7 Å². The average molecular weight is 246 g/mol. The van der Waals surface area contributed by atoms with Crippen LogP contribution in [0.1, 0.15) is 19.8 Å². The Kier molecular flexibility index (Phi) is 2.54. The predicted octanol–water partition coefficient (Wildman–Crippen LogP) is -1.43. The van der Waals surface area contributed by atoms with Crippen LogP contribution in [0.2, 0.25) is 0 Å². The molecule has 2 N–H and O–H groups in total. The highest BCUT2D eigenvalue weighted by Crippen LogP contribution is 2.24. The largest absolute Gasteiger partial charge is 0.299 e. The summed E-state index contributed by atoms with van der Waals surface area (Å²) < 4.78 is 22.7. The molecule has 2 rings (SSSR count). The number of hydrogen-bond donors (Lipinski definition) is 2. The summed E-state index contributed by atoms with van der Waals surface area (Å²) in [7, 11) is -3.01. The standard InChI is InChI=1S/C9H14N2O4S/c1-9(2-3-16(14,15)5-9)11-6-4-7(12)10-8(6)13/h6,11H,2-5H2,1H3,(H,10,12,13). The quantitative estimate of drug-likeness (QED) is 0.583. The van der Waals surface area contributed by atoms with E-state index in [1.807, 2.05) is 0 Å². The van der Waals surface area contributed by atoms with E-state index in [1.165, 1.54) is 0 Å². The summed E-state index contributed by atoms with van der Waals surface area (Å²) in [5.74, 6) is -0.515. The predicted molar refractivity (Wildman–Crippen MR) is 56.4 cm³/mol. The zero-order chi connectivity index (χ0) is 12.0. The Morgan fingerprint density at radius 1 is 1.44 bits per heavy atom. The number of carbonyl (C=O) groups is 2. The van der Waals surface area contributed by atoms with Crippen molar-refractivity contribution in [3.8, 4) is 0 Å². The smallest absolute Gasteiger partial charge is 0.244 e. The molecule has 0 spiro atoms. The number of sulfone groups is 1. The molecule has 2 atom stereocenters. The van der Waals surface area contributed by atoms with Crippen molar-refractivity contribution in [3.63, 3.8) is 0 Å². The van der Waals surface area contributed by atoms with E-state index >= 15 is 0 Å². The molecule has 0 bridgehead atoms. The van der Waals surface area contributed by atoms with Crippen LogP contribution in [0, 0.1) is 0 Å². The van der Waals surface area contributed by atoms with Gasteiger partial charge >= 0.3 is 0 Å². The monoisotopic (exact) mass is 246 g/mol. The number of carbonyl (C=O) groups excluding carboxylic acids is 2. The number of imide groups is 1. The van der Waals surface area contributed by atoms with Gasteiger partial charge in [0.15, 0.2) is 9.84 Å². The number of nitrogens with one attached hydrogen (secondary N) is 2. The fraction of sp³-hybridized carbons (Fsp3) is 0.778. The minimum Gasteiger partial charge on any atom is -0.299 e. The van der Waals surface area contributed by atoms with Gasteiger partial charge in [-0.3, -0.25) is 20.2 Å². The van der Waals surface area contributed by atoms with Crippen molar-refractivity contribution < 1.29 is 18.0 Å². The van der Waals surface area contributed by atoms with Crippen LogP contribution in [0.5, 0.6) is 0 Å². The normalized spacial score (nSPS) is 37.7. The van der Waals surface area contributed by atoms with Crippen LogP contribution in [-0.4, -0.2) is 43.3 Å². The maximum atomic E-state index is 11.4. The first-order valence-electron chi connectivity index (χ1n) is 5.12. The van der Waals surface area contributed by atoms with E-state index in [0.29, 0.717) is 6.42 Å². The maximum Gasteiger partial charge on any atom is 0.244 e. The molecule has 0 aromatic heterocycles. The van der Waals surface area contributed by atoms with Gasteiger partial charge in [-0.1, -0.05) is 0 Å². The molecule has 2 aliphatic rings. The fourth-order valence-corrected chi connectivity index (χ4v) is 4.32. The van der Waals surface area contributed by atoms with Gasteiger partial charge in [0.05, 0.1) is 24.0 Å². The zero-order valence-corrected chi connectivity index (χ0v) is 9.76. The zero-order valence-electron chi connectivity index (χ0n) is 8.95. The van der Waals surface area contributed by atoms with Crippen LogP contribution in [-0.2, 0) is 19.4 Å². The highest BCUT2D eigenvalue weighted by atomic mass is 32.2. The van der Waals surface area contributed by atoms with Gasteiger partial charge in [0.2, 0.25) is 11.8 Å². The summed E-state index contributed by atoms with van der Waals surface area (Å²) in [6.45, 7) is 1.77. The summed E-state index contributed by atoms with van der Waals surface area (Å²) in [4.78, 5) is 22.3. The molecule has 2 unspecified atom stereocenters. The lowest BCUT2D eigenvalue weighted by Gasteiger charge is -2.26. The summed E-state index contributed by atoms with van der Waals surface area (Å²) in [5, 5.41) is 5.17. The molecule has 0 aromatic carbocycles. The number of rotatable bonds is 2. The fourth-order valence-electron chi connectivity index (χ4n) is 2.22. The van der Waals surface area contributed by atoms with Crippen molar-refractivity contribution >= 4 is 21.7 Å². The van der Waals surface area contributed by atoms with Gasteiger partial charge in [0.1, 0.15) is 0 Å². The second-order valence-corrected chi connectivity index (χ2v) is 6.90. The molecule has 16 heavy (non-hydrogen) atoms. The van der Waals surface area contributed by atoms with Crippen molar-refractivity contribution in [2.45, 2.75) is 31.3 Å². The molecule has 2 amide bonds. The first-order chi connectivity index (χ1) is 7.30. The molecule has 2 saturated heterocycles. The van der Waals surface area contributed by atoms with Crippen LogP contribution in [0.15, 0.2) is 0 Å². The second-order valence-electron chi connectivity index (χ2n) is 4.72. The lowest BCUT2D eigenvalue weighted by Crippen LogP contribution is -2.51. The Morgan fingerprint density at radius 2 is 2.12 bits per heavy atom. The third kappa shape index (κ3) is 2.25. The highest BCUT2D eigenvalue weighted by Gasteiger charge is 2.42. The van der Waals surface area contributed by atoms with Crippen LogP contribution in [0.3, 0.4) is 0 Å². The first kappa shape index (κ1) is 11.5. The van der Waals surface area contributed by atoms with Gasteiger partial charge in [0.25, 0.3) is 0 Å². The Bertz CT molecular complexity index is 444. The second kappa shape index (κ2) is 3.53. The summed E-state index contributed by atoms with van der Waals surface area (Å²) >= 11 is 0. The Labute approximate surface area is 93.7 Å². The van der Waals surface area contributed by atoms with E-state index < -0.39 is 21.4 Å². The molecule has 7 heteroatoms. The Morgan fingerprint density at radius 3 is 2.56 bits per heavy atom. The third-order valence-electron chi connectivity index (χ3n) is 2.99. The molecule has 2 aliphatic heterocycles. The lowest BCUT2D eigenvalue weighted by molar-refractivity contribution is -0.125. The molecule has 0 aromatic rings.